The van der Waals surface area contributed by atoms with Gasteiger partial charge in [0, 0.05) is 36.1 Å². The standard InChI is InChI=1S/C29H37N3O3/c1-5-7-22-17-23(18-28(34-3)29(22)35-4)27-16-21(10-15-31-27)20-32(24-11-13-30-14-12-24)25-8-6-9-26(19-25)33-2/h6,8-10,15-19,24,30H,5,7,11-14,20H2,1-4H3. The fourth-order valence-electron chi connectivity index (χ4n) is 4.91. The average molecular weight is 476 g/mol. The van der Waals surface area contributed by atoms with E-state index in [1.807, 2.05) is 18.3 Å². The van der Waals surface area contributed by atoms with Gasteiger partial charge < -0.3 is 24.4 Å². The van der Waals surface area contributed by atoms with Crippen molar-refractivity contribution in [3.63, 3.8) is 0 Å². The predicted octanol–water partition coefficient (Wildman–Crippen LogP) is 5.49. The summed E-state index contributed by atoms with van der Waals surface area (Å²) in [7, 11) is 5.11. The van der Waals surface area contributed by atoms with Crippen LogP contribution >= 0.6 is 0 Å². The van der Waals surface area contributed by atoms with Crippen LogP contribution in [0.5, 0.6) is 17.2 Å². The molecule has 0 amide bonds. The van der Waals surface area contributed by atoms with E-state index in [4.69, 9.17) is 19.2 Å². The van der Waals surface area contributed by atoms with Gasteiger partial charge in [-0.1, -0.05) is 19.4 Å². The van der Waals surface area contributed by atoms with E-state index in [9.17, 15) is 0 Å². The molecule has 1 saturated heterocycles. The number of piperidine rings is 1. The van der Waals surface area contributed by atoms with Crippen molar-refractivity contribution in [1.82, 2.24) is 10.3 Å². The molecule has 6 heteroatoms. The molecule has 3 aromatic rings. The van der Waals surface area contributed by atoms with Gasteiger partial charge in [0.25, 0.3) is 0 Å². The number of benzene rings is 2. The van der Waals surface area contributed by atoms with Gasteiger partial charge in [-0.2, -0.15) is 0 Å². The van der Waals surface area contributed by atoms with Crippen molar-refractivity contribution >= 4 is 5.69 Å². The van der Waals surface area contributed by atoms with E-state index < -0.39 is 0 Å². The van der Waals surface area contributed by atoms with E-state index in [1.54, 1.807) is 21.3 Å². The van der Waals surface area contributed by atoms with E-state index in [0.29, 0.717) is 6.04 Å². The molecule has 0 aliphatic carbocycles. The van der Waals surface area contributed by atoms with Gasteiger partial charge in [-0.05, 0) is 79.9 Å². The molecular weight excluding hydrogens is 438 g/mol. The van der Waals surface area contributed by atoms with E-state index in [-0.39, 0.29) is 0 Å². The third kappa shape index (κ3) is 5.88. The van der Waals surface area contributed by atoms with Crippen LogP contribution in [-0.4, -0.2) is 45.4 Å². The summed E-state index contributed by atoms with van der Waals surface area (Å²) in [5, 5.41) is 3.49. The molecule has 1 aliphatic rings. The Bertz CT molecular complexity index is 1110. The molecule has 0 atom stereocenters. The van der Waals surface area contributed by atoms with E-state index in [1.165, 1.54) is 11.3 Å². The lowest BCUT2D eigenvalue weighted by Gasteiger charge is -2.36. The zero-order valence-electron chi connectivity index (χ0n) is 21.3. The Labute approximate surface area is 209 Å². The van der Waals surface area contributed by atoms with Crippen molar-refractivity contribution in [1.29, 1.82) is 0 Å². The highest BCUT2D eigenvalue weighted by molar-refractivity contribution is 5.67. The Morgan fingerprint density at radius 2 is 1.80 bits per heavy atom. The number of hydrogen-bond donors (Lipinski definition) is 1. The molecule has 35 heavy (non-hydrogen) atoms. The van der Waals surface area contributed by atoms with Crippen molar-refractivity contribution < 1.29 is 14.2 Å². The number of pyridine rings is 1. The van der Waals surface area contributed by atoms with Crippen molar-refractivity contribution in [3.05, 3.63) is 65.9 Å². The van der Waals surface area contributed by atoms with Crippen LogP contribution in [0.3, 0.4) is 0 Å². The summed E-state index contributed by atoms with van der Waals surface area (Å²) in [5.41, 5.74) is 5.54. The highest BCUT2D eigenvalue weighted by atomic mass is 16.5. The highest BCUT2D eigenvalue weighted by Gasteiger charge is 2.22. The third-order valence-corrected chi connectivity index (χ3v) is 6.68. The molecule has 0 spiro atoms. The molecule has 186 valence electrons. The van der Waals surface area contributed by atoms with Gasteiger partial charge >= 0.3 is 0 Å². The molecule has 4 rings (SSSR count). The summed E-state index contributed by atoms with van der Waals surface area (Å²) in [6.45, 7) is 5.06. The fourth-order valence-corrected chi connectivity index (χ4v) is 4.91. The Morgan fingerprint density at radius 3 is 2.51 bits per heavy atom. The molecule has 2 aromatic carbocycles. The van der Waals surface area contributed by atoms with E-state index >= 15 is 0 Å². The lowest BCUT2D eigenvalue weighted by Crippen LogP contribution is -2.43. The zero-order valence-corrected chi connectivity index (χ0v) is 21.3. The first kappa shape index (κ1) is 24.9. The van der Waals surface area contributed by atoms with Crippen LogP contribution in [0.15, 0.2) is 54.7 Å². The molecule has 1 aliphatic heterocycles. The third-order valence-electron chi connectivity index (χ3n) is 6.68. The number of aryl methyl sites for hydroxylation is 1. The minimum absolute atomic E-state index is 0.470. The van der Waals surface area contributed by atoms with Gasteiger partial charge in [0.15, 0.2) is 11.5 Å². The maximum absolute atomic E-state index is 5.66. The highest BCUT2D eigenvalue weighted by Crippen LogP contribution is 2.37. The van der Waals surface area contributed by atoms with Crippen LogP contribution in [0.2, 0.25) is 0 Å². The lowest BCUT2D eigenvalue weighted by molar-refractivity contribution is 0.351. The topological polar surface area (TPSA) is 55.9 Å². The lowest BCUT2D eigenvalue weighted by atomic mass is 10.00. The maximum atomic E-state index is 5.66. The molecule has 1 aromatic heterocycles. The first-order valence-corrected chi connectivity index (χ1v) is 12.5. The molecule has 0 bridgehead atoms. The van der Waals surface area contributed by atoms with E-state index in [2.05, 4.69) is 53.5 Å². The minimum Gasteiger partial charge on any atom is -0.497 e. The second-order valence-electron chi connectivity index (χ2n) is 8.98. The first-order chi connectivity index (χ1) is 17.2. The van der Waals surface area contributed by atoms with Gasteiger partial charge in [-0.15, -0.1) is 0 Å². The summed E-state index contributed by atoms with van der Waals surface area (Å²) in [4.78, 5) is 7.23. The molecule has 0 radical (unpaired) electrons. The smallest absolute Gasteiger partial charge is 0.163 e. The number of anilines is 1. The zero-order chi connectivity index (χ0) is 24.6. The van der Waals surface area contributed by atoms with Gasteiger partial charge in [-0.25, -0.2) is 0 Å². The Kier molecular flexibility index (Phi) is 8.48. The Morgan fingerprint density at radius 1 is 0.971 bits per heavy atom. The van der Waals surface area contributed by atoms with Crippen molar-refractivity contribution in [3.8, 4) is 28.5 Å². The van der Waals surface area contributed by atoms with Gasteiger partial charge in [0.1, 0.15) is 5.75 Å². The monoisotopic (exact) mass is 475 g/mol. The number of methoxy groups -OCH3 is 3. The largest absolute Gasteiger partial charge is 0.497 e. The number of hydrogen-bond acceptors (Lipinski definition) is 6. The number of rotatable bonds is 10. The normalized spacial score (nSPS) is 13.9. The van der Waals surface area contributed by atoms with Gasteiger partial charge in [-0.3, -0.25) is 4.98 Å². The average Bonchev–Trinajstić information content (AvgIpc) is 2.92. The first-order valence-electron chi connectivity index (χ1n) is 12.5. The van der Waals surface area contributed by atoms with Gasteiger partial charge in [0.05, 0.1) is 27.0 Å². The second kappa shape index (κ2) is 11.9. The van der Waals surface area contributed by atoms with Crippen molar-refractivity contribution in [2.24, 2.45) is 0 Å². The van der Waals surface area contributed by atoms with E-state index in [0.717, 1.165) is 79.4 Å². The molecule has 0 unspecified atom stereocenters. The van der Waals surface area contributed by atoms with Gasteiger partial charge in [0.2, 0.25) is 0 Å². The number of ether oxygens (including phenoxy) is 3. The van der Waals surface area contributed by atoms with Crippen LogP contribution in [-0.2, 0) is 13.0 Å². The number of nitrogens with zero attached hydrogens (tertiary/aromatic N) is 2. The van der Waals surface area contributed by atoms with Crippen LogP contribution in [0, 0.1) is 0 Å². The molecule has 2 heterocycles. The van der Waals surface area contributed by atoms with Crippen LogP contribution in [0.25, 0.3) is 11.3 Å². The van der Waals surface area contributed by atoms with Crippen LogP contribution < -0.4 is 24.4 Å². The molecule has 1 N–H and O–H groups in total. The fraction of sp³-hybridized carbons (Fsp3) is 0.414. The summed E-state index contributed by atoms with van der Waals surface area (Å²) >= 11 is 0. The van der Waals surface area contributed by atoms with Crippen molar-refractivity contribution in [2.45, 2.75) is 45.2 Å². The predicted molar refractivity (Wildman–Crippen MR) is 142 cm³/mol. The van der Waals surface area contributed by atoms with Crippen LogP contribution in [0.4, 0.5) is 5.69 Å². The molecule has 0 saturated carbocycles. The quantitative estimate of drug-likeness (QED) is 0.419. The molecular formula is C29H37N3O3. The SMILES string of the molecule is CCCc1cc(-c2cc(CN(c3cccc(OC)c3)C3CCNCC3)ccn2)cc(OC)c1OC. The summed E-state index contributed by atoms with van der Waals surface area (Å²) < 4.78 is 16.8. The maximum Gasteiger partial charge on any atom is 0.163 e. The minimum atomic E-state index is 0.470. The summed E-state index contributed by atoms with van der Waals surface area (Å²) in [6, 6.07) is 17.4. The second-order valence-corrected chi connectivity index (χ2v) is 8.98. The van der Waals surface area contributed by atoms with Crippen molar-refractivity contribution in [2.75, 3.05) is 39.3 Å². The molecule has 1 fully saturated rings. The number of aromatic nitrogens is 1. The Hall–Kier alpha value is -3.25. The van der Waals surface area contributed by atoms with Crippen LogP contribution in [0.1, 0.15) is 37.3 Å². The number of nitrogens with one attached hydrogen (secondary N) is 1. The summed E-state index contributed by atoms with van der Waals surface area (Å²) in [6.07, 6.45) is 6.10. The molecule has 6 nitrogen and oxygen atoms in total. The summed E-state index contributed by atoms with van der Waals surface area (Å²) in [5.74, 6) is 2.43. The Balaban J connectivity index is 1.68.